The molecular formula is C20H39NaO5S. The third-order valence-corrected chi connectivity index (χ3v) is 5.60. The van der Waals surface area contributed by atoms with Crippen molar-refractivity contribution < 1.29 is 52.1 Å². The number of carbonyl (C=O) groups is 1. The number of hydrogen-bond donors (Lipinski definition) is 0. The maximum atomic E-state index is 11.4. The molecule has 0 aromatic rings. The second-order valence-electron chi connectivity index (χ2n) is 7.25. The molecule has 0 saturated heterocycles. The zero-order chi connectivity index (χ0) is 19.7. The van der Waals surface area contributed by atoms with Gasteiger partial charge in [-0.3, -0.25) is 4.79 Å². The molecule has 0 bridgehead atoms. The van der Waals surface area contributed by atoms with Gasteiger partial charge in [-0.25, -0.2) is 8.42 Å². The van der Waals surface area contributed by atoms with Gasteiger partial charge < -0.3 is 9.29 Å². The van der Waals surface area contributed by atoms with Crippen LogP contribution in [0.4, 0.5) is 0 Å². The van der Waals surface area contributed by atoms with Crippen molar-refractivity contribution in [3.8, 4) is 0 Å². The molecule has 0 amide bonds. The molecule has 0 rings (SSSR count). The van der Waals surface area contributed by atoms with Gasteiger partial charge in [0.15, 0.2) is 5.44 Å². The van der Waals surface area contributed by atoms with Crippen LogP contribution >= 0.6 is 0 Å². The molecule has 0 saturated carbocycles. The molecule has 0 aromatic heterocycles. The second-order valence-corrected chi connectivity index (χ2v) is 8.90. The standard InChI is InChI=1S/C20H40O5S.Na/c1-3-4-5-6-7-8-9-10-11-12-13-14-15-16-17-18-20(21)25-19(2)26(22,23)24;/h19H,3-18H2,1-2H3,(H,22,23,24);/q;+1/p-1. The Balaban J connectivity index is 0. The summed E-state index contributed by atoms with van der Waals surface area (Å²) in [6.07, 6.45) is 18.9. The van der Waals surface area contributed by atoms with Gasteiger partial charge >= 0.3 is 35.5 Å². The van der Waals surface area contributed by atoms with E-state index >= 15 is 0 Å². The van der Waals surface area contributed by atoms with E-state index in [-0.39, 0.29) is 36.0 Å². The van der Waals surface area contributed by atoms with Crippen molar-refractivity contribution in [2.24, 2.45) is 0 Å². The largest absolute Gasteiger partial charge is 1.00 e. The first-order valence-electron chi connectivity index (χ1n) is 10.5. The summed E-state index contributed by atoms with van der Waals surface area (Å²) in [4.78, 5) is 11.4. The topological polar surface area (TPSA) is 83.5 Å². The van der Waals surface area contributed by atoms with Gasteiger partial charge in [0.05, 0.1) is 0 Å². The molecule has 0 aliphatic heterocycles. The van der Waals surface area contributed by atoms with E-state index in [1.807, 2.05) is 0 Å². The van der Waals surface area contributed by atoms with Crippen LogP contribution in [-0.4, -0.2) is 24.4 Å². The van der Waals surface area contributed by atoms with Crippen LogP contribution in [0.2, 0.25) is 0 Å². The van der Waals surface area contributed by atoms with E-state index in [4.69, 9.17) is 0 Å². The van der Waals surface area contributed by atoms with E-state index < -0.39 is 21.5 Å². The molecule has 1 atom stereocenters. The predicted molar refractivity (Wildman–Crippen MR) is 105 cm³/mol. The van der Waals surface area contributed by atoms with Gasteiger partial charge in [0.2, 0.25) is 0 Å². The second kappa shape index (κ2) is 19.7. The van der Waals surface area contributed by atoms with E-state index in [0.717, 1.165) is 19.8 Å². The van der Waals surface area contributed by atoms with Gasteiger partial charge in [0.1, 0.15) is 10.1 Å². The molecule has 0 N–H and O–H groups in total. The fourth-order valence-electron chi connectivity index (χ4n) is 2.94. The summed E-state index contributed by atoms with van der Waals surface area (Å²) in [5.74, 6) is -0.605. The average Bonchev–Trinajstić information content (AvgIpc) is 2.57. The first-order chi connectivity index (χ1) is 12.4. The molecule has 1 unspecified atom stereocenters. The zero-order valence-corrected chi connectivity index (χ0v) is 20.7. The smallest absolute Gasteiger partial charge is 0.745 e. The molecule has 0 radical (unpaired) electrons. The van der Waals surface area contributed by atoms with Gasteiger partial charge in [-0.15, -0.1) is 0 Å². The third kappa shape index (κ3) is 20.9. The van der Waals surface area contributed by atoms with Crippen molar-refractivity contribution in [2.75, 3.05) is 0 Å². The van der Waals surface area contributed by atoms with Gasteiger partial charge in [-0.05, 0) is 13.3 Å². The van der Waals surface area contributed by atoms with Crippen molar-refractivity contribution >= 4 is 16.1 Å². The van der Waals surface area contributed by atoms with E-state index in [1.165, 1.54) is 77.0 Å². The van der Waals surface area contributed by atoms with Crippen LogP contribution in [0.3, 0.4) is 0 Å². The van der Waals surface area contributed by atoms with E-state index in [1.54, 1.807) is 0 Å². The van der Waals surface area contributed by atoms with Crippen LogP contribution in [0.15, 0.2) is 0 Å². The third-order valence-electron chi connectivity index (χ3n) is 4.69. The molecule has 156 valence electrons. The number of ether oxygens (including phenoxy) is 1. The van der Waals surface area contributed by atoms with Gasteiger partial charge in [-0.2, -0.15) is 0 Å². The Bertz CT molecular complexity index is 440. The molecule has 0 aromatic carbocycles. The molecule has 0 aliphatic rings. The maximum Gasteiger partial charge on any atom is 1.00 e. The van der Waals surface area contributed by atoms with Crippen LogP contribution < -0.4 is 29.6 Å². The molecule has 0 spiro atoms. The van der Waals surface area contributed by atoms with Crippen molar-refractivity contribution in [1.29, 1.82) is 0 Å². The summed E-state index contributed by atoms with van der Waals surface area (Å²) in [7, 11) is -4.55. The summed E-state index contributed by atoms with van der Waals surface area (Å²) in [5.41, 5.74) is -1.59. The molecule has 7 heteroatoms. The Labute approximate surface area is 189 Å². The van der Waals surface area contributed by atoms with Crippen molar-refractivity contribution in [2.45, 2.75) is 122 Å². The number of carbonyl (C=O) groups excluding carboxylic acids is 1. The molecule has 5 nitrogen and oxygen atoms in total. The van der Waals surface area contributed by atoms with Crippen LogP contribution in [-0.2, 0) is 19.6 Å². The molecule has 0 heterocycles. The van der Waals surface area contributed by atoms with Crippen LogP contribution in [0.5, 0.6) is 0 Å². The predicted octanol–water partition coefficient (Wildman–Crippen LogP) is 2.69. The summed E-state index contributed by atoms with van der Waals surface area (Å²) in [5, 5.41) is 0. The molecule has 27 heavy (non-hydrogen) atoms. The monoisotopic (exact) mass is 414 g/mol. The summed E-state index contributed by atoms with van der Waals surface area (Å²) >= 11 is 0. The zero-order valence-electron chi connectivity index (χ0n) is 17.8. The average molecular weight is 415 g/mol. The number of unbranched alkanes of at least 4 members (excludes halogenated alkanes) is 14. The Morgan fingerprint density at radius 2 is 1.11 bits per heavy atom. The summed E-state index contributed by atoms with van der Waals surface area (Å²) in [6.45, 7) is 3.34. The Kier molecular flexibility index (Phi) is 21.6. The van der Waals surface area contributed by atoms with E-state index in [9.17, 15) is 17.8 Å². The van der Waals surface area contributed by atoms with Gasteiger partial charge in [-0.1, -0.05) is 96.8 Å². The molecule has 0 fully saturated rings. The first-order valence-corrected chi connectivity index (χ1v) is 12.0. The Hall–Kier alpha value is 0.380. The van der Waals surface area contributed by atoms with Gasteiger partial charge in [0, 0.05) is 6.42 Å². The first kappa shape index (κ1) is 29.6. The van der Waals surface area contributed by atoms with Crippen molar-refractivity contribution in [1.82, 2.24) is 0 Å². The SMILES string of the molecule is CCCCCCCCCCCCCCCCCC(=O)OC(C)S(=O)(=O)[O-].[Na+]. The van der Waals surface area contributed by atoms with Crippen molar-refractivity contribution in [3.05, 3.63) is 0 Å². The van der Waals surface area contributed by atoms with Crippen LogP contribution in [0.1, 0.15) is 117 Å². The van der Waals surface area contributed by atoms with Gasteiger partial charge in [0.25, 0.3) is 0 Å². The Morgan fingerprint density at radius 3 is 1.44 bits per heavy atom. The minimum absolute atomic E-state index is 0. The number of rotatable bonds is 18. The normalized spacial score (nSPS) is 12.4. The number of hydrogen-bond acceptors (Lipinski definition) is 5. The summed E-state index contributed by atoms with van der Waals surface area (Å²) < 4.78 is 36.5. The van der Waals surface area contributed by atoms with Crippen LogP contribution in [0.25, 0.3) is 0 Å². The van der Waals surface area contributed by atoms with E-state index in [0.29, 0.717) is 6.42 Å². The molecule has 0 aliphatic carbocycles. The fraction of sp³-hybridized carbons (Fsp3) is 0.950. The summed E-state index contributed by atoms with van der Waals surface area (Å²) in [6, 6.07) is 0. The maximum absolute atomic E-state index is 11.4. The minimum atomic E-state index is -4.55. The van der Waals surface area contributed by atoms with E-state index in [2.05, 4.69) is 11.7 Å². The quantitative estimate of drug-likeness (QED) is 0.149. The number of esters is 1. The van der Waals surface area contributed by atoms with Crippen molar-refractivity contribution in [3.63, 3.8) is 0 Å². The van der Waals surface area contributed by atoms with Crippen LogP contribution in [0, 0.1) is 0 Å². The minimum Gasteiger partial charge on any atom is -0.745 e. The fourth-order valence-corrected chi connectivity index (χ4v) is 3.17. The molecular weight excluding hydrogens is 375 g/mol. The Morgan fingerprint density at radius 1 is 0.778 bits per heavy atom.